The smallest absolute Gasteiger partial charge is 0.213 e. The lowest BCUT2D eigenvalue weighted by atomic mass is 10.1. The van der Waals surface area contributed by atoms with Crippen molar-refractivity contribution in [1.29, 1.82) is 0 Å². The molecule has 30 heavy (non-hydrogen) atoms. The van der Waals surface area contributed by atoms with Gasteiger partial charge < -0.3 is 15.4 Å². The van der Waals surface area contributed by atoms with Gasteiger partial charge in [-0.15, -0.1) is 24.0 Å². The Kier molecular flexibility index (Phi) is 12.7. The largest absolute Gasteiger partial charge is 0.377 e. The van der Waals surface area contributed by atoms with Crippen molar-refractivity contribution in [3.63, 3.8) is 0 Å². The Morgan fingerprint density at radius 1 is 1.27 bits per heavy atom. The van der Waals surface area contributed by atoms with Crippen LogP contribution in [0.3, 0.4) is 0 Å². The normalized spacial score (nSPS) is 17.3. The van der Waals surface area contributed by atoms with Crippen LogP contribution in [0.15, 0.2) is 23.2 Å². The van der Waals surface area contributed by atoms with E-state index in [1.54, 1.807) is 0 Å². The van der Waals surface area contributed by atoms with Gasteiger partial charge in [-0.3, -0.25) is 4.99 Å². The molecule has 0 spiro atoms. The highest BCUT2D eigenvalue weighted by Gasteiger charge is 2.17. The van der Waals surface area contributed by atoms with Crippen molar-refractivity contribution in [2.45, 2.75) is 38.7 Å². The highest BCUT2D eigenvalue weighted by Crippen LogP contribution is 2.12. The van der Waals surface area contributed by atoms with Gasteiger partial charge in [0.2, 0.25) is 10.0 Å². The maximum Gasteiger partial charge on any atom is 0.213 e. The van der Waals surface area contributed by atoms with Crippen molar-refractivity contribution in [1.82, 2.24) is 15.4 Å². The number of ether oxygens (including phenoxy) is 1. The monoisotopic (exact) mass is 560 g/mol. The van der Waals surface area contributed by atoms with Gasteiger partial charge in [0.25, 0.3) is 0 Å². The molecule has 1 unspecified atom stereocenters. The van der Waals surface area contributed by atoms with Crippen molar-refractivity contribution in [2.75, 3.05) is 38.5 Å². The second-order valence-corrected chi connectivity index (χ2v) is 8.76. The molecule has 11 heteroatoms. The zero-order chi connectivity index (χ0) is 21.1. The zero-order valence-electron chi connectivity index (χ0n) is 17.1. The molecule has 0 aromatic heterocycles. The second-order valence-electron chi connectivity index (χ2n) is 6.83. The molecule has 2 rings (SSSR count). The molecule has 0 bridgehead atoms. The summed E-state index contributed by atoms with van der Waals surface area (Å²) < 4.78 is 59.2. The Hall–Kier alpha value is -1.05. The SMILES string of the molecule is CCNC(=NCCS(=O)(=O)NCC1CCCCO1)NCCc1cc(F)ccc1F.I. The lowest BCUT2D eigenvalue weighted by Gasteiger charge is -2.22. The molecular weight excluding hydrogens is 529 g/mol. The number of guanidine groups is 1. The van der Waals surface area contributed by atoms with E-state index in [9.17, 15) is 17.2 Å². The van der Waals surface area contributed by atoms with Gasteiger partial charge in [0.05, 0.1) is 18.4 Å². The van der Waals surface area contributed by atoms with Crippen LogP contribution in [0.5, 0.6) is 0 Å². The van der Waals surface area contributed by atoms with E-state index in [1.807, 2.05) is 6.92 Å². The summed E-state index contributed by atoms with van der Waals surface area (Å²) in [4.78, 5) is 4.24. The summed E-state index contributed by atoms with van der Waals surface area (Å²) >= 11 is 0. The molecule has 0 amide bonds. The predicted molar refractivity (Wildman–Crippen MR) is 125 cm³/mol. The van der Waals surface area contributed by atoms with Gasteiger partial charge in [-0.1, -0.05) is 0 Å². The van der Waals surface area contributed by atoms with Crippen molar-refractivity contribution >= 4 is 40.0 Å². The first kappa shape index (κ1) is 27.0. The summed E-state index contributed by atoms with van der Waals surface area (Å²) in [7, 11) is -3.45. The molecule has 1 heterocycles. The minimum absolute atomic E-state index is 0. The van der Waals surface area contributed by atoms with Gasteiger partial charge in [-0.25, -0.2) is 21.9 Å². The number of hydrogen-bond acceptors (Lipinski definition) is 4. The summed E-state index contributed by atoms with van der Waals surface area (Å²) in [6, 6.07) is 3.34. The standard InChI is InChI=1S/C19H30F2N4O3S.HI/c1-2-22-19(23-9-8-15-13-16(20)6-7-18(15)21)24-10-12-29(26,27)25-14-17-5-3-4-11-28-17;/h6-7,13,17,25H,2-5,8-12,14H2,1H3,(H2,22,23,24);1H. The zero-order valence-corrected chi connectivity index (χ0v) is 20.3. The summed E-state index contributed by atoms with van der Waals surface area (Å²) in [6.07, 6.45) is 3.14. The topological polar surface area (TPSA) is 91.8 Å². The third-order valence-electron chi connectivity index (χ3n) is 4.47. The van der Waals surface area contributed by atoms with Gasteiger partial charge in [0.15, 0.2) is 5.96 Å². The first-order valence-corrected chi connectivity index (χ1v) is 11.6. The number of aliphatic imine (C=N–C) groups is 1. The minimum atomic E-state index is -3.45. The van der Waals surface area contributed by atoms with Crippen LogP contribution in [-0.4, -0.2) is 59.0 Å². The van der Waals surface area contributed by atoms with Crippen LogP contribution in [0, 0.1) is 11.6 Å². The third kappa shape index (κ3) is 10.3. The average molecular weight is 560 g/mol. The summed E-state index contributed by atoms with van der Waals surface area (Å²) in [5.74, 6) is -0.669. The van der Waals surface area contributed by atoms with E-state index in [0.717, 1.165) is 37.5 Å². The lowest BCUT2D eigenvalue weighted by molar-refractivity contribution is 0.0200. The van der Waals surface area contributed by atoms with Crippen LogP contribution in [0.4, 0.5) is 8.78 Å². The molecule has 0 aliphatic carbocycles. The first-order chi connectivity index (χ1) is 13.9. The fourth-order valence-electron chi connectivity index (χ4n) is 2.93. The van der Waals surface area contributed by atoms with Crippen molar-refractivity contribution in [3.05, 3.63) is 35.4 Å². The van der Waals surface area contributed by atoms with E-state index >= 15 is 0 Å². The molecule has 0 radical (unpaired) electrons. The molecule has 1 aromatic rings. The Labute approximate surface area is 194 Å². The van der Waals surface area contributed by atoms with Crippen LogP contribution in [0.25, 0.3) is 0 Å². The molecule has 1 saturated heterocycles. The molecule has 1 atom stereocenters. The molecule has 1 aliphatic rings. The number of benzene rings is 1. The first-order valence-electron chi connectivity index (χ1n) is 9.94. The van der Waals surface area contributed by atoms with Gasteiger partial charge in [-0.2, -0.15) is 0 Å². The number of sulfonamides is 1. The summed E-state index contributed by atoms with van der Waals surface area (Å²) in [5.41, 5.74) is 0.269. The Morgan fingerprint density at radius 3 is 2.77 bits per heavy atom. The van der Waals surface area contributed by atoms with E-state index in [-0.39, 0.29) is 60.9 Å². The summed E-state index contributed by atoms with van der Waals surface area (Å²) in [5, 5.41) is 6.00. The van der Waals surface area contributed by atoms with Gasteiger partial charge in [-0.05, 0) is 56.4 Å². The maximum atomic E-state index is 13.7. The number of rotatable bonds is 10. The van der Waals surface area contributed by atoms with Gasteiger partial charge in [0.1, 0.15) is 11.6 Å². The van der Waals surface area contributed by atoms with E-state index in [1.165, 1.54) is 0 Å². The number of hydrogen-bond donors (Lipinski definition) is 3. The van der Waals surface area contributed by atoms with Crippen molar-refractivity contribution in [2.24, 2.45) is 4.99 Å². The van der Waals surface area contributed by atoms with Crippen LogP contribution >= 0.6 is 24.0 Å². The number of nitrogens with one attached hydrogen (secondary N) is 3. The van der Waals surface area contributed by atoms with E-state index in [4.69, 9.17) is 4.74 Å². The maximum absolute atomic E-state index is 13.7. The average Bonchev–Trinajstić information content (AvgIpc) is 2.70. The Morgan fingerprint density at radius 2 is 2.07 bits per heavy atom. The van der Waals surface area contributed by atoms with E-state index in [2.05, 4.69) is 20.3 Å². The van der Waals surface area contributed by atoms with Crippen molar-refractivity contribution in [3.8, 4) is 0 Å². The third-order valence-corrected chi connectivity index (χ3v) is 5.80. The Bertz CT molecular complexity index is 775. The van der Waals surface area contributed by atoms with Gasteiger partial charge >= 0.3 is 0 Å². The van der Waals surface area contributed by atoms with E-state index < -0.39 is 21.7 Å². The molecule has 1 aliphatic heterocycles. The lowest BCUT2D eigenvalue weighted by Crippen LogP contribution is -2.39. The Balaban J connectivity index is 0.00000450. The molecule has 1 fully saturated rings. The minimum Gasteiger partial charge on any atom is -0.377 e. The fourth-order valence-corrected chi connectivity index (χ4v) is 3.85. The fraction of sp³-hybridized carbons (Fsp3) is 0.632. The van der Waals surface area contributed by atoms with Gasteiger partial charge in [0, 0.05) is 26.2 Å². The summed E-state index contributed by atoms with van der Waals surface area (Å²) in [6.45, 7) is 3.83. The quantitative estimate of drug-likeness (QED) is 0.232. The highest BCUT2D eigenvalue weighted by atomic mass is 127. The molecule has 0 saturated carbocycles. The predicted octanol–water partition coefficient (Wildman–Crippen LogP) is 2.17. The van der Waals surface area contributed by atoms with E-state index in [0.29, 0.717) is 25.7 Å². The van der Waals surface area contributed by atoms with Crippen LogP contribution in [0.2, 0.25) is 0 Å². The van der Waals surface area contributed by atoms with Crippen molar-refractivity contribution < 1.29 is 21.9 Å². The van der Waals surface area contributed by atoms with Crippen LogP contribution in [-0.2, 0) is 21.2 Å². The van der Waals surface area contributed by atoms with Crippen LogP contribution < -0.4 is 15.4 Å². The molecule has 3 N–H and O–H groups in total. The highest BCUT2D eigenvalue weighted by molar-refractivity contribution is 14.0. The van der Waals surface area contributed by atoms with Crippen LogP contribution in [0.1, 0.15) is 31.7 Å². The number of nitrogens with zero attached hydrogens (tertiary/aromatic N) is 1. The molecule has 172 valence electrons. The molecule has 7 nitrogen and oxygen atoms in total. The number of halogens is 3. The second kappa shape index (κ2) is 14.1. The molecule has 1 aromatic carbocycles. The molecular formula is C19H31F2IN4O3S.